The van der Waals surface area contributed by atoms with Crippen molar-refractivity contribution < 1.29 is 0 Å². The Morgan fingerprint density at radius 1 is 1.30 bits per heavy atom. The lowest BCUT2D eigenvalue weighted by atomic mass is 11.2. The summed E-state index contributed by atoms with van der Waals surface area (Å²) in [6, 6.07) is 0. The van der Waals surface area contributed by atoms with Crippen LogP contribution in [-0.2, 0) is 0 Å². The summed E-state index contributed by atoms with van der Waals surface area (Å²) in [4.78, 5) is 0. The van der Waals surface area contributed by atoms with Gasteiger partial charge in [-0.2, -0.15) is 0 Å². The summed E-state index contributed by atoms with van der Waals surface area (Å²) in [7, 11) is -0.468. The van der Waals surface area contributed by atoms with Gasteiger partial charge in [-0.1, -0.05) is 19.6 Å². The fourth-order valence-corrected chi connectivity index (χ4v) is 3.34. The molecule has 0 aliphatic rings. The van der Waals surface area contributed by atoms with Crippen LogP contribution in [0.15, 0.2) is 11.4 Å². The molecule has 0 bridgehead atoms. The predicted molar refractivity (Wildman–Crippen MR) is 53.7 cm³/mol. The Kier molecular flexibility index (Phi) is 4.94. The molecule has 10 heavy (non-hydrogen) atoms. The molecule has 0 saturated heterocycles. The van der Waals surface area contributed by atoms with Crippen LogP contribution >= 0.6 is 23.2 Å². The van der Waals surface area contributed by atoms with E-state index in [0.717, 1.165) is 0 Å². The highest BCUT2D eigenvalue weighted by Crippen LogP contribution is 2.03. The van der Waals surface area contributed by atoms with Gasteiger partial charge in [-0.05, 0) is 0 Å². The maximum Gasteiger partial charge on any atom is 0.113 e. The summed E-state index contributed by atoms with van der Waals surface area (Å²) in [5.74, 6) is 0. The summed E-state index contributed by atoms with van der Waals surface area (Å²) in [6.45, 7) is 6.85. The zero-order chi connectivity index (χ0) is 8.20. The van der Waals surface area contributed by atoms with E-state index in [4.69, 9.17) is 23.2 Å². The SMILES string of the molecule is C[Si](C)(C)C=C[Si]C(Cl)Cl. The second kappa shape index (κ2) is 4.59. The van der Waals surface area contributed by atoms with Crippen molar-refractivity contribution in [2.75, 3.05) is 0 Å². The molecule has 0 N–H and O–H groups in total. The van der Waals surface area contributed by atoms with Gasteiger partial charge in [0.15, 0.2) is 0 Å². The predicted octanol–water partition coefficient (Wildman–Crippen LogP) is 2.84. The lowest BCUT2D eigenvalue weighted by Crippen LogP contribution is -2.16. The molecule has 4 heteroatoms. The van der Waals surface area contributed by atoms with E-state index >= 15 is 0 Å². The van der Waals surface area contributed by atoms with E-state index < -0.39 is 8.07 Å². The van der Waals surface area contributed by atoms with Crippen LogP contribution in [0.4, 0.5) is 0 Å². The van der Waals surface area contributed by atoms with E-state index in [1.54, 1.807) is 0 Å². The largest absolute Gasteiger partial charge is 0.113 e. The highest BCUT2D eigenvalue weighted by Gasteiger charge is 2.06. The van der Waals surface area contributed by atoms with Gasteiger partial charge >= 0.3 is 0 Å². The Bertz CT molecular complexity index is 115. The highest BCUT2D eigenvalue weighted by atomic mass is 35.5. The maximum atomic E-state index is 5.55. The molecule has 0 nitrogen and oxygen atoms in total. The second-order valence-electron chi connectivity index (χ2n) is 3.17. The van der Waals surface area contributed by atoms with Crippen molar-refractivity contribution in [3.63, 3.8) is 0 Å². The number of hydrogen-bond donors (Lipinski definition) is 0. The zero-order valence-corrected chi connectivity index (χ0v) is 10.00. The Balaban J connectivity index is 3.57. The number of alkyl halides is 2. The maximum absolute atomic E-state index is 5.55. The number of rotatable bonds is 3. The fourth-order valence-electron chi connectivity index (χ4n) is 0.371. The molecule has 0 spiro atoms. The number of hydrogen-bond acceptors (Lipinski definition) is 0. The summed E-state index contributed by atoms with van der Waals surface area (Å²) < 4.78 is -0.215. The van der Waals surface area contributed by atoms with Crippen molar-refractivity contribution in [2.45, 2.75) is 24.1 Å². The minimum absolute atomic E-state index is 0.215. The van der Waals surface area contributed by atoms with Crippen molar-refractivity contribution >= 4 is 40.8 Å². The normalized spacial score (nSPS) is 13.4. The molecule has 0 amide bonds. The molecular formula is C6H12Cl2Si2. The molecule has 0 atom stereocenters. The van der Waals surface area contributed by atoms with Gasteiger partial charge in [0.2, 0.25) is 0 Å². The van der Waals surface area contributed by atoms with Crippen molar-refractivity contribution in [1.82, 2.24) is 0 Å². The lowest BCUT2D eigenvalue weighted by molar-refractivity contribution is 1.77. The van der Waals surface area contributed by atoms with Crippen molar-refractivity contribution in [3.8, 4) is 0 Å². The van der Waals surface area contributed by atoms with Crippen LogP contribution < -0.4 is 0 Å². The van der Waals surface area contributed by atoms with Crippen LogP contribution in [-0.4, -0.2) is 22.1 Å². The smallest absolute Gasteiger partial charge is 0.110 e. The molecule has 0 aromatic heterocycles. The summed E-state index contributed by atoms with van der Waals surface area (Å²) in [6.07, 6.45) is 0. The quantitative estimate of drug-likeness (QED) is 0.497. The van der Waals surface area contributed by atoms with Crippen LogP contribution in [0.2, 0.25) is 19.6 Å². The van der Waals surface area contributed by atoms with Gasteiger partial charge < -0.3 is 0 Å². The third-order valence-corrected chi connectivity index (χ3v) is 3.67. The molecule has 0 aromatic rings. The molecule has 0 aliphatic carbocycles. The first-order valence-corrected chi connectivity index (χ1v) is 8.74. The summed E-state index contributed by atoms with van der Waals surface area (Å²) in [5, 5.41) is 0. The van der Waals surface area contributed by atoms with E-state index in [0.29, 0.717) is 9.52 Å². The Morgan fingerprint density at radius 3 is 2.10 bits per heavy atom. The molecule has 2 radical (unpaired) electrons. The molecule has 0 rings (SSSR count). The highest BCUT2D eigenvalue weighted by molar-refractivity contribution is 6.82. The Labute approximate surface area is 76.4 Å². The minimum Gasteiger partial charge on any atom is -0.110 e. The first-order valence-electron chi connectivity index (χ1n) is 3.14. The lowest BCUT2D eigenvalue weighted by Gasteiger charge is -2.07. The van der Waals surface area contributed by atoms with Gasteiger partial charge in [0.05, 0.1) is 12.5 Å². The molecule has 58 valence electrons. The van der Waals surface area contributed by atoms with Crippen molar-refractivity contribution in [2.24, 2.45) is 0 Å². The van der Waals surface area contributed by atoms with Gasteiger partial charge in [0.1, 0.15) is 9.52 Å². The van der Waals surface area contributed by atoms with Crippen molar-refractivity contribution in [3.05, 3.63) is 11.4 Å². The fraction of sp³-hybridized carbons (Fsp3) is 0.667. The average molecular weight is 211 g/mol. The number of halogens is 2. The average Bonchev–Trinajstić information content (AvgIpc) is 1.59. The monoisotopic (exact) mass is 210 g/mol. The van der Waals surface area contributed by atoms with Crippen LogP contribution in [0.5, 0.6) is 0 Å². The van der Waals surface area contributed by atoms with Gasteiger partial charge in [-0.15, -0.1) is 34.6 Å². The third kappa shape index (κ3) is 8.75. The second-order valence-corrected chi connectivity index (χ2v) is 11.3. The summed E-state index contributed by atoms with van der Waals surface area (Å²) >= 11 is 11.1. The molecule has 0 unspecified atom stereocenters. The molecule has 0 fully saturated rings. The van der Waals surface area contributed by atoms with Gasteiger partial charge in [-0.25, -0.2) is 0 Å². The van der Waals surface area contributed by atoms with E-state index in [9.17, 15) is 0 Å². The van der Waals surface area contributed by atoms with Gasteiger partial charge in [-0.3, -0.25) is 0 Å². The summed E-state index contributed by atoms with van der Waals surface area (Å²) in [5.41, 5.74) is 4.38. The van der Waals surface area contributed by atoms with E-state index in [1.807, 2.05) is 0 Å². The molecule has 0 aromatic carbocycles. The Morgan fingerprint density at radius 2 is 1.80 bits per heavy atom. The molecule has 0 heterocycles. The van der Waals surface area contributed by atoms with Crippen molar-refractivity contribution in [1.29, 1.82) is 0 Å². The standard InChI is InChI=1S/C6H12Cl2Si2/c1-10(2,3)5-4-9-6(7)8/h4-6H,1-3H3. The Hall–Kier alpha value is 0.754. The van der Waals surface area contributed by atoms with E-state index in [1.165, 1.54) is 0 Å². The molecule has 0 aliphatic heterocycles. The van der Waals surface area contributed by atoms with Crippen LogP contribution in [0.3, 0.4) is 0 Å². The van der Waals surface area contributed by atoms with Crippen LogP contribution in [0.25, 0.3) is 0 Å². The molecule has 0 saturated carbocycles. The topological polar surface area (TPSA) is 0 Å². The van der Waals surface area contributed by atoms with E-state index in [2.05, 4.69) is 31.0 Å². The van der Waals surface area contributed by atoms with Crippen LogP contribution in [0.1, 0.15) is 0 Å². The van der Waals surface area contributed by atoms with Crippen LogP contribution in [0, 0.1) is 0 Å². The molecular weight excluding hydrogens is 199 g/mol. The van der Waals surface area contributed by atoms with Gasteiger partial charge in [0, 0.05) is 0 Å². The van der Waals surface area contributed by atoms with E-state index in [-0.39, 0.29) is 4.46 Å². The third-order valence-electron chi connectivity index (χ3n) is 0.806. The minimum atomic E-state index is -1.01. The van der Waals surface area contributed by atoms with Gasteiger partial charge in [0.25, 0.3) is 0 Å². The first-order chi connectivity index (χ1) is 4.42. The first kappa shape index (κ1) is 10.8. The zero-order valence-electron chi connectivity index (χ0n) is 6.49.